The van der Waals surface area contributed by atoms with Gasteiger partial charge in [-0.3, -0.25) is 9.69 Å². The monoisotopic (exact) mass is 338 g/mol. The first-order chi connectivity index (χ1) is 12.0. The van der Waals surface area contributed by atoms with Crippen LogP contribution in [0.25, 0.3) is 0 Å². The SMILES string of the molecule is CC(C)Oc1cccc(CN2C(=O)NC(Cc3ccccc3)C2=O)c1. The molecule has 1 unspecified atom stereocenters. The van der Waals surface area contributed by atoms with Crippen LogP contribution in [-0.2, 0) is 17.8 Å². The van der Waals surface area contributed by atoms with Crippen molar-refractivity contribution in [2.75, 3.05) is 0 Å². The van der Waals surface area contributed by atoms with E-state index in [4.69, 9.17) is 4.74 Å². The van der Waals surface area contributed by atoms with Crippen LogP contribution in [-0.4, -0.2) is 29.0 Å². The number of nitrogens with one attached hydrogen (secondary N) is 1. The number of ether oxygens (including phenoxy) is 1. The molecule has 0 aliphatic carbocycles. The molecule has 1 atom stereocenters. The molecule has 1 fully saturated rings. The quantitative estimate of drug-likeness (QED) is 0.823. The number of hydrogen-bond acceptors (Lipinski definition) is 3. The molecule has 1 aliphatic rings. The van der Waals surface area contributed by atoms with Gasteiger partial charge < -0.3 is 10.1 Å². The lowest BCUT2D eigenvalue weighted by Crippen LogP contribution is -2.32. The standard InChI is InChI=1S/C20H22N2O3/c1-14(2)25-17-10-6-9-16(11-17)13-22-19(23)18(21-20(22)24)12-15-7-4-3-5-8-15/h3-11,14,18H,12-13H2,1-2H3,(H,21,24). The molecule has 2 aromatic carbocycles. The Morgan fingerprint density at radius 2 is 1.76 bits per heavy atom. The van der Waals surface area contributed by atoms with Gasteiger partial charge in [-0.25, -0.2) is 4.79 Å². The van der Waals surface area contributed by atoms with E-state index in [0.717, 1.165) is 16.9 Å². The summed E-state index contributed by atoms with van der Waals surface area (Å²) in [6.45, 7) is 4.15. The summed E-state index contributed by atoms with van der Waals surface area (Å²) in [5.41, 5.74) is 1.89. The van der Waals surface area contributed by atoms with E-state index < -0.39 is 6.04 Å². The van der Waals surface area contributed by atoms with Crippen LogP contribution in [0, 0.1) is 0 Å². The molecule has 1 aliphatic heterocycles. The molecule has 3 rings (SSSR count). The lowest BCUT2D eigenvalue weighted by Gasteiger charge is -2.15. The zero-order valence-corrected chi connectivity index (χ0v) is 14.4. The van der Waals surface area contributed by atoms with E-state index in [1.807, 2.05) is 68.4 Å². The molecule has 0 aromatic heterocycles. The average Bonchev–Trinajstić information content (AvgIpc) is 2.83. The number of hydrogen-bond donors (Lipinski definition) is 1. The Morgan fingerprint density at radius 1 is 1.04 bits per heavy atom. The minimum absolute atomic E-state index is 0.0715. The van der Waals surface area contributed by atoms with E-state index in [9.17, 15) is 9.59 Å². The van der Waals surface area contributed by atoms with Gasteiger partial charge in [0.15, 0.2) is 0 Å². The number of amides is 3. The summed E-state index contributed by atoms with van der Waals surface area (Å²) in [5, 5.41) is 2.78. The van der Waals surface area contributed by atoms with E-state index >= 15 is 0 Å². The summed E-state index contributed by atoms with van der Waals surface area (Å²) < 4.78 is 5.67. The van der Waals surface area contributed by atoms with Gasteiger partial charge in [-0.05, 0) is 37.1 Å². The number of urea groups is 1. The van der Waals surface area contributed by atoms with Crippen LogP contribution in [0.2, 0.25) is 0 Å². The van der Waals surface area contributed by atoms with Gasteiger partial charge in [-0.2, -0.15) is 0 Å². The van der Waals surface area contributed by atoms with Gasteiger partial charge in [0.2, 0.25) is 0 Å². The maximum absolute atomic E-state index is 12.6. The molecule has 5 nitrogen and oxygen atoms in total. The summed E-state index contributed by atoms with van der Waals surface area (Å²) in [4.78, 5) is 26.1. The van der Waals surface area contributed by atoms with Crippen molar-refractivity contribution in [3.8, 4) is 5.75 Å². The second-order valence-electron chi connectivity index (χ2n) is 6.43. The van der Waals surface area contributed by atoms with Crippen molar-refractivity contribution in [3.05, 3.63) is 65.7 Å². The number of benzene rings is 2. The van der Waals surface area contributed by atoms with Crippen molar-refractivity contribution in [2.24, 2.45) is 0 Å². The summed E-state index contributed by atoms with van der Waals surface area (Å²) in [7, 11) is 0. The molecular weight excluding hydrogens is 316 g/mol. The van der Waals surface area contributed by atoms with Crippen LogP contribution in [0.15, 0.2) is 54.6 Å². The van der Waals surface area contributed by atoms with Crippen LogP contribution < -0.4 is 10.1 Å². The third kappa shape index (κ3) is 4.18. The van der Waals surface area contributed by atoms with Gasteiger partial charge in [-0.15, -0.1) is 0 Å². The van der Waals surface area contributed by atoms with Crippen LogP contribution in [0.4, 0.5) is 4.79 Å². The molecule has 1 saturated heterocycles. The Labute approximate surface area is 147 Å². The van der Waals surface area contributed by atoms with Crippen molar-refractivity contribution in [3.63, 3.8) is 0 Å². The first-order valence-electron chi connectivity index (χ1n) is 8.44. The number of carbonyl (C=O) groups is 2. The lowest BCUT2D eigenvalue weighted by molar-refractivity contribution is -0.127. The third-order valence-electron chi connectivity index (χ3n) is 4.00. The highest BCUT2D eigenvalue weighted by atomic mass is 16.5. The zero-order chi connectivity index (χ0) is 17.8. The van der Waals surface area contributed by atoms with Crippen LogP contribution in [0.1, 0.15) is 25.0 Å². The van der Waals surface area contributed by atoms with Crippen molar-refractivity contribution in [1.29, 1.82) is 0 Å². The molecule has 0 radical (unpaired) electrons. The maximum Gasteiger partial charge on any atom is 0.325 e. The second kappa shape index (κ2) is 7.38. The van der Waals surface area contributed by atoms with E-state index in [-0.39, 0.29) is 24.6 Å². The molecule has 130 valence electrons. The Morgan fingerprint density at radius 3 is 2.48 bits per heavy atom. The van der Waals surface area contributed by atoms with Gasteiger partial charge in [0.1, 0.15) is 11.8 Å². The van der Waals surface area contributed by atoms with Crippen LogP contribution >= 0.6 is 0 Å². The van der Waals surface area contributed by atoms with Crippen molar-refractivity contribution >= 4 is 11.9 Å². The Kier molecular flexibility index (Phi) is 5.03. The van der Waals surface area contributed by atoms with Gasteiger partial charge in [0.25, 0.3) is 5.91 Å². The maximum atomic E-state index is 12.6. The van der Waals surface area contributed by atoms with E-state index in [1.54, 1.807) is 0 Å². The normalized spacial score (nSPS) is 17.1. The molecule has 0 bridgehead atoms. The molecule has 25 heavy (non-hydrogen) atoms. The van der Waals surface area contributed by atoms with Crippen molar-refractivity contribution in [2.45, 2.75) is 39.0 Å². The fourth-order valence-corrected chi connectivity index (χ4v) is 2.89. The van der Waals surface area contributed by atoms with Crippen molar-refractivity contribution in [1.82, 2.24) is 10.2 Å². The van der Waals surface area contributed by atoms with Crippen LogP contribution in [0.5, 0.6) is 5.75 Å². The topological polar surface area (TPSA) is 58.6 Å². The minimum atomic E-state index is -0.509. The van der Waals surface area contributed by atoms with E-state index in [2.05, 4.69) is 5.32 Å². The summed E-state index contributed by atoms with van der Waals surface area (Å²) in [6.07, 6.45) is 0.570. The first-order valence-corrected chi connectivity index (χ1v) is 8.44. The molecule has 1 heterocycles. The highest BCUT2D eigenvalue weighted by molar-refractivity contribution is 6.04. The van der Waals surface area contributed by atoms with Crippen molar-refractivity contribution < 1.29 is 14.3 Å². The van der Waals surface area contributed by atoms with Gasteiger partial charge >= 0.3 is 6.03 Å². The molecule has 0 spiro atoms. The molecule has 2 aromatic rings. The number of carbonyl (C=O) groups excluding carboxylic acids is 2. The predicted molar refractivity (Wildman–Crippen MR) is 95.2 cm³/mol. The molecule has 5 heteroatoms. The lowest BCUT2D eigenvalue weighted by atomic mass is 10.1. The first kappa shape index (κ1) is 17.0. The number of imide groups is 1. The third-order valence-corrected chi connectivity index (χ3v) is 4.00. The molecule has 0 saturated carbocycles. The Balaban J connectivity index is 1.68. The summed E-state index contributed by atoms with van der Waals surface area (Å²) in [5.74, 6) is 0.546. The number of rotatable bonds is 6. The summed E-state index contributed by atoms with van der Waals surface area (Å²) >= 11 is 0. The fraction of sp³-hybridized carbons (Fsp3) is 0.300. The van der Waals surface area contributed by atoms with E-state index in [0.29, 0.717) is 6.42 Å². The highest BCUT2D eigenvalue weighted by Crippen LogP contribution is 2.19. The van der Waals surface area contributed by atoms with Crippen LogP contribution in [0.3, 0.4) is 0 Å². The fourth-order valence-electron chi connectivity index (χ4n) is 2.89. The number of nitrogens with zero attached hydrogens (tertiary/aromatic N) is 1. The van der Waals surface area contributed by atoms with E-state index in [1.165, 1.54) is 4.90 Å². The summed E-state index contributed by atoms with van der Waals surface area (Å²) in [6, 6.07) is 16.3. The molecule has 1 N–H and O–H groups in total. The molecule has 3 amide bonds. The predicted octanol–water partition coefficient (Wildman–Crippen LogP) is 3.14. The zero-order valence-electron chi connectivity index (χ0n) is 14.4. The minimum Gasteiger partial charge on any atom is -0.491 e. The van der Waals surface area contributed by atoms with Gasteiger partial charge in [0, 0.05) is 6.42 Å². The van der Waals surface area contributed by atoms with Gasteiger partial charge in [-0.1, -0.05) is 42.5 Å². The molecular formula is C20H22N2O3. The Hall–Kier alpha value is -2.82. The second-order valence-corrected chi connectivity index (χ2v) is 6.43. The Bertz CT molecular complexity index is 759. The highest BCUT2D eigenvalue weighted by Gasteiger charge is 2.37. The largest absolute Gasteiger partial charge is 0.491 e. The average molecular weight is 338 g/mol. The smallest absolute Gasteiger partial charge is 0.325 e. The van der Waals surface area contributed by atoms with Gasteiger partial charge in [0.05, 0.1) is 12.6 Å².